The second kappa shape index (κ2) is 6.26. The molecular formula is C18H17N3O. The van der Waals surface area contributed by atoms with Gasteiger partial charge >= 0.3 is 0 Å². The van der Waals surface area contributed by atoms with Gasteiger partial charge in [-0.2, -0.15) is 5.10 Å². The molecule has 0 spiro atoms. The Morgan fingerprint density at radius 2 is 1.91 bits per heavy atom. The lowest BCUT2D eigenvalue weighted by molar-refractivity contribution is 0.0921. The SMILES string of the molecule is CC(=O)n1ccc(-c2cccc(NCc3ccccc3)c2)n1. The second-order valence-corrected chi connectivity index (χ2v) is 5.08. The van der Waals surface area contributed by atoms with Gasteiger partial charge in [-0.05, 0) is 23.8 Å². The van der Waals surface area contributed by atoms with Gasteiger partial charge < -0.3 is 5.32 Å². The average molecular weight is 291 g/mol. The van der Waals surface area contributed by atoms with Crippen LogP contribution in [0.5, 0.6) is 0 Å². The number of carbonyl (C=O) groups excluding carboxylic acids is 1. The van der Waals surface area contributed by atoms with Gasteiger partial charge in [-0.15, -0.1) is 0 Å². The van der Waals surface area contributed by atoms with Crippen LogP contribution in [0.4, 0.5) is 5.69 Å². The first-order valence-electron chi connectivity index (χ1n) is 7.17. The van der Waals surface area contributed by atoms with E-state index in [-0.39, 0.29) is 5.91 Å². The lowest BCUT2D eigenvalue weighted by atomic mass is 10.1. The van der Waals surface area contributed by atoms with E-state index in [0.717, 1.165) is 23.5 Å². The number of nitrogens with zero attached hydrogens (tertiary/aromatic N) is 2. The molecule has 0 saturated heterocycles. The smallest absolute Gasteiger partial charge is 0.243 e. The van der Waals surface area contributed by atoms with Crippen LogP contribution in [0.1, 0.15) is 17.3 Å². The summed E-state index contributed by atoms with van der Waals surface area (Å²) in [4.78, 5) is 11.3. The molecule has 3 rings (SSSR count). The van der Waals surface area contributed by atoms with Crippen LogP contribution in [0.3, 0.4) is 0 Å². The number of hydrogen-bond donors (Lipinski definition) is 1. The van der Waals surface area contributed by atoms with Crippen LogP contribution in [0.25, 0.3) is 11.3 Å². The zero-order valence-corrected chi connectivity index (χ0v) is 12.4. The summed E-state index contributed by atoms with van der Waals surface area (Å²) >= 11 is 0. The Morgan fingerprint density at radius 1 is 1.09 bits per heavy atom. The molecule has 4 heteroatoms. The van der Waals surface area contributed by atoms with E-state index >= 15 is 0 Å². The Balaban J connectivity index is 1.75. The van der Waals surface area contributed by atoms with Crippen molar-refractivity contribution in [1.29, 1.82) is 0 Å². The molecule has 0 bridgehead atoms. The van der Waals surface area contributed by atoms with Crippen molar-refractivity contribution in [2.45, 2.75) is 13.5 Å². The van der Waals surface area contributed by atoms with Gasteiger partial charge in [-0.25, -0.2) is 4.68 Å². The van der Waals surface area contributed by atoms with Crippen molar-refractivity contribution in [2.24, 2.45) is 0 Å². The number of nitrogens with one attached hydrogen (secondary N) is 1. The summed E-state index contributed by atoms with van der Waals surface area (Å²) < 4.78 is 1.35. The Kier molecular flexibility index (Phi) is 4.01. The highest BCUT2D eigenvalue weighted by Gasteiger charge is 2.05. The fourth-order valence-electron chi connectivity index (χ4n) is 2.24. The van der Waals surface area contributed by atoms with Gasteiger partial charge in [0.05, 0.1) is 5.69 Å². The molecular weight excluding hydrogens is 274 g/mol. The predicted molar refractivity (Wildman–Crippen MR) is 87.7 cm³/mol. The molecule has 0 aliphatic carbocycles. The Bertz CT molecular complexity index is 778. The molecule has 0 unspecified atom stereocenters. The molecule has 0 aliphatic rings. The minimum absolute atomic E-state index is 0.0930. The highest BCUT2D eigenvalue weighted by Crippen LogP contribution is 2.21. The molecule has 1 N–H and O–H groups in total. The van der Waals surface area contributed by atoms with Crippen LogP contribution in [0, 0.1) is 0 Å². The monoisotopic (exact) mass is 291 g/mol. The van der Waals surface area contributed by atoms with Crippen LogP contribution >= 0.6 is 0 Å². The van der Waals surface area contributed by atoms with Crippen molar-refractivity contribution in [3.63, 3.8) is 0 Å². The maximum atomic E-state index is 11.3. The quantitative estimate of drug-likeness (QED) is 0.795. The Hall–Kier alpha value is -2.88. The Labute approximate surface area is 129 Å². The van der Waals surface area contributed by atoms with E-state index in [1.54, 1.807) is 6.20 Å². The molecule has 0 amide bonds. The molecule has 0 atom stereocenters. The van der Waals surface area contributed by atoms with Crippen molar-refractivity contribution in [3.8, 4) is 11.3 Å². The molecule has 110 valence electrons. The van der Waals surface area contributed by atoms with E-state index in [0.29, 0.717) is 0 Å². The van der Waals surface area contributed by atoms with Gasteiger partial charge in [0.25, 0.3) is 0 Å². The molecule has 0 aliphatic heterocycles. The maximum absolute atomic E-state index is 11.3. The van der Waals surface area contributed by atoms with Crippen molar-refractivity contribution in [2.75, 3.05) is 5.32 Å². The normalized spacial score (nSPS) is 10.4. The lowest BCUT2D eigenvalue weighted by Gasteiger charge is -2.07. The van der Waals surface area contributed by atoms with Crippen molar-refractivity contribution < 1.29 is 4.79 Å². The molecule has 1 aromatic heterocycles. The fourth-order valence-corrected chi connectivity index (χ4v) is 2.24. The summed E-state index contributed by atoms with van der Waals surface area (Å²) in [7, 11) is 0. The average Bonchev–Trinajstić information content (AvgIpc) is 3.05. The number of rotatable bonds is 4. The second-order valence-electron chi connectivity index (χ2n) is 5.08. The largest absolute Gasteiger partial charge is 0.381 e. The van der Waals surface area contributed by atoms with Gasteiger partial charge in [0.1, 0.15) is 0 Å². The van der Waals surface area contributed by atoms with Crippen LogP contribution in [0.15, 0.2) is 66.9 Å². The summed E-state index contributed by atoms with van der Waals surface area (Å²) in [5, 5.41) is 7.68. The molecule has 22 heavy (non-hydrogen) atoms. The van der Waals surface area contributed by atoms with Gasteiger partial charge in [0.2, 0.25) is 5.91 Å². The predicted octanol–water partition coefficient (Wildman–Crippen LogP) is 3.82. The molecule has 4 nitrogen and oxygen atoms in total. The molecule has 1 heterocycles. The van der Waals surface area contributed by atoms with Gasteiger partial charge in [-0.3, -0.25) is 4.79 Å². The van der Waals surface area contributed by atoms with Crippen LogP contribution in [-0.4, -0.2) is 15.7 Å². The van der Waals surface area contributed by atoms with Crippen LogP contribution < -0.4 is 5.32 Å². The summed E-state index contributed by atoms with van der Waals surface area (Å²) in [5.74, 6) is -0.0930. The number of hydrogen-bond acceptors (Lipinski definition) is 3. The van der Waals surface area contributed by atoms with Crippen molar-refractivity contribution in [1.82, 2.24) is 9.78 Å². The minimum Gasteiger partial charge on any atom is -0.381 e. The van der Waals surface area contributed by atoms with Crippen molar-refractivity contribution >= 4 is 11.6 Å². The highest BCUT2D eigenvalue weighted by molar-refractivity contribution is 5.76. The lowest BCUT2D eigenvalue weighted by Crippen LogP contribution is -2.05. The number of anilines is 1. The summed E-state index contributed by atoms with van der Waals surface area (Å²) in [6.07, 6.45) is 1.68. The standard InChI is InChI=1S/C18H17N3O/c1-14(22)21-11-10-18(20-21)16-8-5-9-17(12-16)19-13-15-6-3-2-4-7-15/h2-12,19H,13H2,1H3. The molecule has 0 radical (unpaired) electrons. The first kappa shape index (κ1) is 14.1. The minimum atomic E-state index is -0.0930. The van der Waals surface area contributed by atoms with Gasteiger partial charge in [-0.1, -0.05) is 42.5 Å². The number of benzene rings is 2. The topological polar surface area (TPSA) is 46.9 Å². The summed E-state index contributed by atoms with van der Waals surface area (Å²) in [6, 6.07) is 20.1. The van der Waals surface area contributed by atoms with E-state index in [4.69, 9.17) is 0 Å². The fraction of sp³-hybridized carbons (Fsp3) is 0.111. The zero-order valence-electron chi connectivity index (χ0n) is 12.4. The Morgan fingerprint density at radius 3 is 2.64 bits per heavy atom. The number of aromatic nitrogens is 2. The van der Waals surface area contributed by atoms with E-state index in [9.17, 15) is 4.79 Å². The van der Waals surface area contributed by atoms with Gasteiger partial charge in [0.15, 0.2) is 0 Å². The first-order valence-corrected chi connectivity index (χ1v) is 7.17. The van der Waals surface area contributed by atoms with Crippen molar-refractivity contribution in [3.05, 3.63) is 72.4 Å². The zero-order chi connectivity index (χ0) is 15.4. The molecule has 0 saturated carbocycles. The first-order chi connectivity index (χ1) is 10.7. The maximum Gasteiger partial charge on any atom is 0.243 e. The molecule has 3 aromatic rings. The highest BCUT2D eigenvalue weighted by atomic mass is 16.2. The molecule has 0 fully saturated rings. The van der Waals surface area contributed by atoms with Crippen LogP contribution in [0.2, 0.25) is 0 Å². The van der Waals surface area contributed by atoms with E-state index in [2.05, 4.69) is 22.5 Å². The third kappa shape index (κ3) is 3.23. The third-order valence-corrected chi connectivity index (χ3v) is 3.41. The van der Waals surface area contributed by atoms with Crippen LogP contribution in [-0.2, 0) is 6.54 Å². The third-order valence-electron chi connectivity index (χ3n) is 3.41. The van der Waals surface area contributed by atoms with E-state index in [1.807, 2.05) is 48.5 Å². The van der Waals surface area contributed by atoms with Gasteiger partial charge in [0, 0.05) is 30.9 Å². The number of carbonyl (C=O) groups is 1. The van der Waals surface area contributed by atoms with E-state index in [1.165, 1.54) is 17.2 Å². The summed E-state index contributed by atoms with van der Waals surface area (Å²) in [5.41, 5.74) is 4.03. The molecule has 2 aromatic carbocycles. The van der Waals surface area contributed by atoms with E-state index < -0.39 is 0 Å². The summed E-state index contributed by atoms with van der Waals surface area (Å²) in [6.45, 7) is 2.26.